The van der Waals surface area contributed by atoms with Gasteiger partial charge in [-0.2, -0.15) is 4.99 Å². The zero-order valence-electron chi connectivity index (χ0n) is 17.7. The van der Waals surface area contributed by atoms with Crippen LogP contribution in [0, 0.1) is 5.92 Å². The van der Waals surface area contributed by atoms with E-state index in [0.29, 0.717) is 34.8 Å². The van der Waals surface area contributed by atoms with Gasteiger partial charge in [0.2, 0.25) is 5.91 Å². The second kappa shape index (κ2) is 8.93. The van der Waals surface area contributed by atoms with Gasteiger partial charge in [-0.15, -0.1) is 0 Å². The summed E-state index contributed by atoms with van der Waals surface area (Å²) >= 11 is 1.31. The fourth-order valence-electron chi connectivity index (χ4n) is 3.60. The average molecular weight is 437 g/mol. The number of benzene rings is 2. The number of amidine groups is 2. The smallest absolute Gasteiger partial charge is 0.270 e. The highest BCUT2D eigenvalue weighted by molar-refractivity contribution is 8.14. The van der Waals surface area contributed by atoms with E-state index in [2.05, 4.69) is 24.2 Å². The van der Waals surface area contributed by atoms with Crippen molar-refractivity contribution in [1.29, 1.82) is 0 Å². The van der Waals surface area contributed by atoms with Crippen molar-refractivity contribution in [2.24, 2.45) is 15.9 Å². The molecule has 0 radical (unpaired) electrons. The maximum Gasteiger partial charge on any atom is 0.270 e. The van der Waals surface area contributed by atoms with Crippen LogP contribution in [0.3, 0.4) is 0 Å². The van der Waals surface area contributed by atoms with Gasteiger partial charge in [-0.05, 0) is 36.6 Å². The third-order valence-electron chi connectivity index (χ3n) is 4.99. The Morgan fingerprint density at radius 2 is 2.00 bits per heavy atom. The van der Waals surface area contributed by atoms with Crippen LogP contribution in [0.15, 0.2) is 58.5 Å². The summed E-state index contributed by atoms with van der Waals surface area (Å²) in [4.78, 5) is 36.3. The fourth-order valence-corrected chi connectivity index (χ4v) is 4.45. The first-order valence-corrected chi connectivity index (χ1v) is 11.1. The van der Waals surface area contributed by atoms with E-state index in [-0.39, 0.29) is 17.6 Å². The Morgan fingerprint density at radius 1 is 1.19 bits per heavy atom. The lowest BCUT2D eigenvalue weighted by molar-refractivity contribution is -0.120. The van der Waals surface area contributed by atoms with E-state index >= 15 is 0 Å². The van der Waals surface area contributed by atoms with Crippen molar-refractivity contribution in [2.75, 3.05) is 18.2 Å². The summed E-state index contributed by atoms with van der Waals surface area (Å²) in [5.74, 6) is 1.45. The Labute approximate surface area is 185 Å². The topological polar surface area (TPSA) is 83.4 Å². The van der Waals surface area contributed by atoms with Gasteiger partial charge in [0.25, 0.3) is 5.91 Å². The molecule has 2 aliphatic rings. The van der Waals surface area contributed by atoms with Gasteiger partial charge in [0, 0.05) is 17.3 Å². The van der Waals surface area contributed by atoms with Crippen molar-refractivity contribution in [3.05, 3.63) is 54.1 Å². The maximum absolute atomic E-state index is 12.7. The van der Waals surface area contributed by atoms with Gasteiger partial charge in [-0.1, -0.05) is 43.8 Å². The zero-order valence-corrected chi connectivity index (χ0v) is 18.5. The van der Waals surface area contributed by atoms with E-state index in [9.17, 15) is 9.59 Å². The minimum absolute atomic E-state index is 0.157. The largest absolute Gasteiger partial charge is 0.497 e. The average Bonchev–Trinajstić information content (AvgIpc) is 3.08. The summed E-state index contributed by atoms with van der Waals surface area (Å²) in [6.07, 6.45) is 0.670. The summed E-state index contributed by atoms with van der Waals surface area (Å²) < 4.78 is 5.20. The summed E-state index contributed by atoms with van der Waals surface area (Å²) in [5.41, 5.74) is 2.26. The van der Waals surface area contributed by atoms with E-state index in [1.165, 1.54) is 11.8 Å². The third kappa shape index (κ3) is 4.49. The molecule has 2 aromatic carbocycles. The molecule has 2 aliphatic heterocycles. The molecule has 2 heterocycles. The molecule has 0 aromatic heterocycles. The SMILES string of the molecule is COc1cccc(NC(=O)CSC2=Nc3ccccc3C3=NC(=O)C(CC(C)C)N23)c1. The van der Waals surface area contributed by atoms with Crippen LogP contribution in [-0.4, -0.2) is 46.6 Å². The number of amides is 2. The summed E-state index contributed by atoms with van der Waals surface area (Å²) in [7, 11) is 1.58. The number of carbonyl (C=O) groups is 2. The number of nitrogens with zero attached hydrogens (tertiary/aromatic N) is 3. The molecule has 8 heteroatoms. The first-order chi connectivity index (χ1) is 15.0. The number of nitrogens with one attached hydrogen (secondary N) is 1. The fraction of sp³-hybridized carbons (Fsp3) is 0.304. The Morgan fingerprint density at radius 3 is 2.77 bits per heavy atom. The predicted octanol–water partition coefficient (Wildman–Crippen LogP) is 4.07. The number of hydrogen-bond donors (Lipinski definition) is 1. The number of rotatable bonds is 6. The van der Waals surface area contributed by atoms with Crippen LogP contribution >= 0.6 is 11.8 Å². The zero-order chi connectivity index (χ0) is 22.0. The lowest BCUT2D eigenvalue weighted by atomic mass is 10.0. The van der Waals surface area contributed by atoms with E-state index in [1.54, 1.807) is 13.2 Å². The van der Waals surface area contributed by atoms with Gasteiger partial charge in [0.1, 0.15) is 17.6 Å². The number of para-hydroxylation sites is 1. The Balaban J connectivity index is 1.54. The van der Waals surface area contributed by atoms with Gasteiger partial charge in [-0.3, -0.25) is 14.5 Å². The molecular formula is C23H24N4O3S. The number of hydrogen-bond acceptors (Lipinski definition) is 6. The number of methoxy groups -OCH3 is 1. The minimum atomic E-state index is -0.393. The second-order valence-corrected chi connectivity index (χ2v) is 8.71. The molecule has 1 atom stereocenters. The number of aliphatic imine (C=N–C) groups is 2. The lowest BCUT2D eigenvalue weighted by Gasteiger charge is -2.31. The van der Waals surface area contributed by atoms with E-state index in [4.69, 9.17) is 9.73 Å². The molecule has 0 saturated heterocycles. The van der Waals surface area contributed by atoms with Crippen LogP contribution < -0.4 is 10.1 Å². The van der Waals surface area contributed by atoms with E-state index in [0.717, 1.165) is 11.3 Å². The molecule has 4 rings (SSSR count). The molecular weight excluding hydrogens is 412 g/mol. The number of thioether (sulfide) groups is 1. The van der Waals surface area contributed by atoms with E-state index < -0.39 is 6.04 Å². The van der Waals surface area contributed by atoms with Gasteiger partial charge >= 0.3 is 0 Å². The Kier molecular flexibility index (Phi) is 6.08. The molecule has 1 N–H and O–H groups in total. The van der Waals surface area contributed by atoms with Crippen LogP contribution in [-0.2, 0) is 9.59 Å². The third-order valence-corrected chi connectivity index (χ3v) is 5.94. The van der Waals surface area contributed by atoms with Gasteiger partial charge in [-0.25, -0.2) is 4.99 Å². The minimum Gasteiger partial charge on any atom is -0.497 e. The Bertz CT molecular complexity index is 1080. The first-order valence-electron chi connectivity index (χ1n) is 10.1. The van der Waals surface area contributed by atoms with Crippen LogP contribution in [0.25, 0.3) is 0 Å². The molecule has 0 aliphatic carbocycles. The molecule has 160 valence electrons. The van der Waals surface area contributed by atoms with Crippen LogP contribution in [0.2, 0.25) is 0 Å². The van der Waals surface area contributed by atoms with Gasteiger partial charge in [0.15, 0.2) is 5.17 Å². The number of fused-ring (bicyclic) bond motifs is 3. The van der Waals surface area contributed by atoms with Crippen molar-refractivity contribution in [1.82, 2.24) is 4.90 Å². The number of ether oxygens (including phenoxy) is 1. The quantitative estimate of drug-likeness (QED) is 0.738. The Hall–Kier alpha value is -3.13. The molecule has 31 heavy (non-hydrogen) atoms. The van der Waals surface area contributed by atoms with Crippen LogP contribution in [0.4, 0.5) is 11.4 Å². The molecule has 2 amide bonds. The monoisotopic (exact) mass is 436 g/mol. The summed E-state index contributed by atoms with van der Waals surface area (Å²) in [6.45, 7) is 4.16. The first kappa shape index (κ1) is 21.1. The molecule has 0 bridgehead atoms. The highest BCUT2D eigenvalue weighted by Crippen LogP contribution is 2.35. The molecule has 7 nitrogen and oxygen atoms in total. The number of anilines is 1. The number of carbonyl (C=O) groups excluding carboxylic acids is 2. The maximum atomic E-state index is 12.7. The lowest BCUT2D eigenvalue weighted by Crippen LogP contribution is -2.44. The van der Waals surface area contributed by atoms with Crippen molar-refractivity contribution in [2.45, 2.75) is 26.3 Å². The molecule has 0 saturated carbocycles. The van der Waals surface area contributed by atoms with Gasteiger partial charge in [0.05, 0.1) is 18.6 Å². The summed E-state index contributed by atoms with van der Waals surface area (Å²) in [6, 6.07) is 14.4. The van der Waals surface area contributed by atoms with Crippen molar-refractivity contribution in [3.63, 3.8) is 0 Å². The van der Waals surface area contributed by atoms with Crippen molar-refractivity contribution < 1.29 is 14.3 Å². The molecule has 0 spiro atoms. The summed E-state index contributed by atoms with van der Waals surface area (Å²) in [5, 5.41) is 3.50. The standard InChI is InChI=1S/C23H24N4O3S/c1-14(2)11-19-22(29)26-21-17-9-4-5-10-18(17)25-23(27(19)21)31-13-20(28)24-15-7-6-8-16(12-15)30-3/h4-10,12,14,19H,11,13H2,1-3H3,(H,24,28). The van der Waals surface area contributed by atoms with E-state index in [1.807, 2.05) is 47.4 Å². The highest BCUT2D eigenvalue weighted by Gasteiger charge is 2.41. The normalized spacial score (nSPS) is 17.1. The molecule has 2 aromatic rings. The molecule has 1 unspecified atom stereocenters. The highest BCUT2D eigenvalue weighted by atomic mass is 32.2. The second-order valence-electron chi connectivity index (χ2n) is 7.77. The van der Waals surface area contributed by atoms with Gasteiger partial charge < -0.3 is 10.1 Å². The predicted molar refractivity (Wildman–Crippen MR) is 124 cm³/mol. The molecule has 0 fully saturated rings. The van der Waals surface area contributed by atoms with Crippen LogP contribution in [0.1, 0.15) is 25.8 Å². The van der Waals surface area contributed by atoms with Crippen molar-refractivity contribution in [3.8, 4) is 5.75 Å². The van der Waals surface area contributed by atoms with Crippen LogP contribution in [0.5, 0.6) is 5.75 Å². The van der Waals surface area contributed by atoms with Crippen molar-refractivity contribution >= 4 is 46.0 Å².